The molecule has 0 aromatic heterocycles. The predicted octanol–water partition coefficient (Wildman–Crippen LogP) is 8.08. The van der Waals surface area contributed by atoms with Crippen LogP contribution in [0.15, 0.2) is 18.2 Å². The van der Waals surface area contributed by atoms with Crippen LogP contribution in [0.4, 0.5) is 0 Å². The second kappa shape index (κ2) is 13.1. The molecule has 3 aliphatic carbocycles. The molecule has 2 N–H and O–H groups in total. The molecule has 3 aliphatic rings. The zero-order chi connectivity index (χ0) is 25.5. The number of nitrogens with zero attached hydrogens (tertiary/aromatic N) is 1. The maximum Gasteiger partial charge on any atom is 0.115 e. The van der Waals surface area contributed by atoms with Crippen molar-refractivity contribution in [3.8, 4) is 5.75 Å². The molecule has 6 atom stereocenters. The highest BCUT2D eigenvalue weighted by Crippen LogP contribution is 2.63. The van der Waals surface area contributed by atoms with Gasteiger partial charge in [-0.15, -0.1) is 0 Å². The van der Waals surface area contributed by atoms with Crippen molar-refractivity contribution in [1.82, 2.24) is 4.90 Å². The zero-order valence-electron chi connectivity index (χ0n) is 23.7. The van der Waals surface area contributed by atoms with Crippen molar-refractivity contribution >= 4 is 0 Å². The number of aromatic hydroxyl groups is 1. The molecule has 0 aliphatic heterocycles. The lowest BCUT2D eigenvalue weighted by Crippen LogP contribution is -2.47. The summed E-state index contributed by atoms with van der Waals surface area (Å²) in [4.78, 5) is 2.55. The second-order valence-corrected chi connectivity index (χ2v) is 13.1. The number of unbranched alkanes of at least 4 members (excludes halogenated alkanes) is 8. The third kappa shape index (κ3) is 6.49. The van der Waals surface area contributed by atoms with Gasteiger partial charge >= 0.3 is 0 Å². The Kier molecular flexibility index (Phi) is 10.2. The minimum atomic E-state index is -0.118. The van der Waals surface area contributed by atoms with Crippen LogP contribution in [0.3, 0.4) is 0 Å². The molecule has 1 aromatic rings. The smallest absolute Gasteiger partial charge is 0.115 e. The van der Waals surface area contributed by atoms with E-state index >= 15 is 0 Å². The first-order valence-corrected chi connectivity index (χ1v) is 15.6. The number of aryl methyl sites for hydroxylation is 1. The molecule has 0 heterocycles. The first-order valence-electron chi connectivity index (χ1n) is 15.6. The van der Waals surface area contributed by atoms with Crippen LogP contribution in [0, 0.1) is 23.2 Å². The summed E-state index contributed by atoms with van der Waals surface area (Å²) < 4.78 is 0. The molecule has 3 nitrogen and oxygen atoms in total. The molecule has 1 aromatic carbocycles. The van der Waals surface area contributed by atoms with Crippen molar-refractivity contribution in [1.29, 1.82) is 0 Å². The Hall–Kier alpha value is -1.06. The van der Waals surface area contributed by atoms with Crippen molar-refractivity contribution in [3.05, 3.63) is 29.3 Å². The summed E-state index contributed by atoms with van der Waals surface area (Å²) in [5.74, 6) is 3.07. The van der Waals surface area contributed by atoms with Crippen LogP contribution in [0.2, 0.25) is 0 Å². The minimum Gasteiger partial charge on any atom is -0.508 e. The van der Waals surface area contributed by atoms with Crippen LogP contribution in [0.1, 0.15) is 127 Å². The fourth-order valence-electron chi connectivity index (χ4n) is 8.54. The molecule has 3 heteroatoms. The summed E-state index contributed by atoms with van der Waals surface area (Å²) in [6, 6.07) is 6.18. The van der Waals surface area contributed by atoms with E-state index < -0.39 is 0 Å². The molecular weight excluding hydrogens is 442 g/mol. The standard InChI is InChI=1S/C33H55NO2/c1-4-5-6-7-8-9-12-21-34(3)22-13-10-11-14-26-24-33(2)30(19-20-31(33)36)29-17-15-25-23-27(35)16-18-28(25)32(26)29/h16,18,23,26,29-32,35-36H,4-15,17,19-22,24H2,1-3H3/t26-,29-,30-,31-,32+,33-/m0/s1. The normalized spacial score (nSPS) is 31.3. The van der Waals surface area contributed by atoms with Crippen LogP contribution in [0.25, 0.3) is 0 Å². The molecule has 0 bridgehead atoms. The number of benzene rings is 1. The molecular formula is C33H55NO2. The fourth-order valence-corrected chi connectivity index (χ4v) is 8.54. The average Bonchev–Trinajstić information content (AvgIpc) is 3.16. The fraction of sp³-hybridized carbons (Fsp3) is 0.818. The largest absolute Gasteiger partial charge is 0.508 e. The summed E-state index contributed by atoms with van der Waals surface area (Å²) >= 11 is 0. The van der Waals surface area contributed by atoms with Gasteiger partial charge in [0.15, 0.2) is 0 Å². The number of hydrogen-bond donors (Lipinski definition) is 2. The number of phenols is 1. The molecule has 204 valence electrons. The van der Waals surface area contributed by atoms with Crippen LogP contribution in [0.5, 0.6) is 5.75 Å². The summed E-state index contributed by atoms with van der Waals surface area (Å²) in [5, 5.41) is 21.1. The highest BCUT2D eigenvalue weighted by Gasteiger charge is 2.57. The summed E-state index contributed by atoms with van der Waals surface area (Å²) in [5.41, 5.74) is 3.01. The molecule has 2 saturated carbocycles. The van der Waals surface area contributed by atoms with Crippen LogP contribution < -0.4 is 0 Å². The molecule has 0 saturated heterocycles. The Morgan fingerprint density at radius 1 is 0.917 bits per heavy atom. The molecule has 0 amide bonds. The van der Waals surface area contributed by atoms with Crippen molar-refractivity contribution in [2.75, 3.05) is 20.1 Å². The lowest BCUT2D eigenvalue weighted by atomic mass is 9.51. The molecule has 4 rings (SSSR count). The van der Waals surface area contributed by atoms with Gasteiger partial charge in [0, 0.05) is 0 Å². The van der Waals surface area contributed by atoms with Crippen molar-refractivity contribution in [2.45, 2.75) is 129 Å². The van der Waals surface area contributed by atoms with Gasteiger partial charge in [-0.05, 0) is 124 Å². The summed E-state index contributed by atoms with van der Waals surface area (Å²) in [6.07, 6.45) is 20.5. The Bertz CT molecular complexity index is 809. The number of aliphatic hydroxyl groups is 1. The van der Waals surface area contributed by atoms with Gasteiger partial charge in [-0.1, -0.05) is 71.3 Å². The SMILES string of the molecule is CCCCCCCCCN(C)CCCCC[C@H]1C[C@]2(C)[C@@H](O)CC[C@H]2[C@@H]2CCc3cc(O)ccc3[C@@H]12. The maximum absolute atomic E-state index is 11.0. The first-order chi connectivity index (χ1) is 17.4. The maximum atomic E-state index is 11.0. The van der Waals surface area contributed by atoms with Crippen molar-refractivity contribution in [2.24, 2.45) is 23.2 Å². The van der Waals surface area contributed by atoms with E-state index in [0.717, 1.165) is 12.8 Å². The van der Waals surface area contributed by atoms with Gasteiger partial charge in [-0.25, -0.2) is 0 Å². The lowest BCUT2D eigenvalue weighted by molar-refractivity contribution is -0.0501. The topological polar surface area (TPSA) is 43.7 Å². The summed E-state index contributed by atoms with van der Waals surface area (Å²) in [6.45, 7) is 7.18. The van der Waals surface area contributed by atoms with E-state index in [1.165, 1.54) is 114 Å². The third-order valence-electron chi connectivity index (χ3n) is 10.5. The van der Waals surface area contributed by atoms with Gasteiger partial charge in [0.1, 0.15) is 5.75 Å². The number of phenolic OH excluding ortho intramolecular Hbond substituents is 1. The van der Waals surface area contributed by atoms with E-state index in [9.17, 15) is 10.2 Å². The van der Waals surface area contributed by atoms with Gasteiger partial charge in [0.25, 0.3) is 0 Å². The van der Waals surface area contributed by atoms with Crippen molar-refractivity contribution in [3.63, 3.8) is 0 Å². The van der Waals surface area contributed by atoms with E-state index in [1.807, 2.05) is 12.1 Å². The van der Waals surface area contributed by atoms with Crippen LogP contribution in [-0.4, -0.2) is 41.4 Å². The molecule has 0 radical (unpaired) electrons. The highest BCUT2D eigenvalue weighted by atomic mass is 16.3. The molecule has 0 unspecified atom stereocenters. The predicted molar refractivity (Wildman–Crippen MR) is 152 cm³/mol. The molecule has 0 spiro atoms. The Balaban J connectivity index is 1.25. The van der Waals surface area contributed by atoms with E-state index in [2.05, 4.69) is 31.9 Å². The zero-order valence-corrected chi connectivity index (χ0v) is 23.7. The van der Waals surface area contributed by atoms with E-state index in [4.69, 9.17) is 0 Å². The van der Waals surface area contributed by atoms with E-state index in [1.54, 1.807) is 0 Å². The van der Waals surface area contributed by atoms with E-state index in [0.29, 0.717) is 29.4 Å². The lowest BCUT2D eigenvalue weighted by Gasteiger charge is -2.54. The van der Waals surface area contributed by atoms with Gasteiger partial charge in [-0.2, -0.15) is 0 Å². The Labute approximate surface area is 222 Å². The summed E-state index contributed by atoms with van der Waals surface area (Å²) in [7, 11) is 2.31. The third-order valence-corrected chi connectivity index (χ3v) is 10.5. The van der Waals surface area contributed by atoms with Crippen LogP contribution >= 0.6 is 0 Å². The quantitative estimate of drug-likeness (QED) is 0.255. The molecule has 36 heavy (non-hydrogen) atoms. The van der Waals surface area contributed by atoms with Gasteiger partial charge in [-0.3, -0.25) is 0 Å². The average molecular weight is 498 g/mol. The van der Waals surface area contributed by atoms with Crippen LogP contribution in [-0.2, 0) is 6.42 Å². The first kappa shape index (κ1) is 28.0. The highest BCUT2D eigenvalue weighted by molar-refractivity contribution is 5.40. The number of hydrogen-bond acceptors (Lipinski definition) is 3. The van der Waals surface area contributed by atoms with Gasteiger partial charge < -0.3 is 15.1 Å². The van der Waals surface area contributed by atoms with E-state index in [-0.39, 0.29) is 11.5 Å². The Morgan fingerprint density at radius 2 is 1.61 bits per heavy atom. The Morgan fingerprint density at radius 3 is 2.36 bits per heavy atom. The number of rotatable bonds is 14. The van der Waals surface area contributed by atoms with Gasteiger partial charge in [0.05, 0.1) is 6.10 Å². The second-order valence-electron chi connectivity index (χ2n) is 13.1. The number of aliphatic hydroxyl groups excluding tert-OH is 1. The van der Waals surface area contributed by atoms with Crippen molar-refractivity contribution < 1.29 is 10.2 Å². The monoisotopic (exact) mass is 497 g/mol. The minimum absolute atomic E-state index is 0.108. The number of fused-ring (bicyclic) bond motifs is 5. The van der Waals surface area contributed by atoms with Gasteiger partial charge in [0.2, 0.25) is 0 Å². The molecule has 2 fully saturated rings.